The Morgan fingerprint density at radius 2 is 2.00 bits per heavy atom. The van der Waals surface area contributed by atoms with Crippen LogP contribution in [0, 0.1) is 0 Å². The molecule has 0 heterocycles. The van der Waals surface area contributed by atoms with Crippen LogP contribution in [0.4, 0.5) is 4.79 Å². The lowest BCUT2D eigenvalue weighted by atomic mass is 10.1. The number of hydrogen-bond donors (Lipinski definition) is 3. The molecule has 0 saturated carbocycles. The Hall–Kier alpha value is -1.98. The molecular weight excluding hydrogens is 180 g/mol. The average molecular weight is 186 g/mol. The van der Waals surface area contributed by atoms with Crippen molar-refractivity contribution in [2.24, 2.45) is 0 Å². The van der Waals surface area contributed by atoms with Crippen molar-refractivity contribution in [1.82, 2.24) is 0 Å². The minimum atomic E-state index is -1.70. The third-order valence-electron chi connectivity index (χ3n) is 1.39. The van der Waals surface area contributed by atoms with Crippen molar-refractivity contribution >= 4 is 11.9 Å². The van der Waals surface area contributed by atoms with E-state index in [-0.39, 0.29) is 0 Å². The van der Waals surface area contributed by atoms with Crippen LogP contribution in [0.25, 0.3) is 0 Å². The first-order chi connectivity index (χ1) is 6.02. The number of allylic oxidation sites excluding steroid dienone is 1. The molecular formula is C7H6O6. The van der Waals surface area contributed by atoms with Crippen molar-refractivity contribution in [3.05, 3.63) is 23.7 Å². The Bertz CT molecular complexity index is 313. The van der Waals surface area contributed by atoms with Crippen molar-refractivity contribution in [3.8, 4) is 0 Å². The summed E-state index contributed by atoms with van der Waals surface area (Å²) in [7, 11) is 0. The minimum Gasteiger partial charge on any atom is -0.505 e. The van der Waals surface area contributed by atoms with Crippen LogP contribution in [0.2, 0.25) is 0 Å². The molecule has 0 spiro atoms. The van der Waals surface area contributed by atoms with Crippen molar-refractivity contribution in [1.29, 1.82) is 0 Å². The molecule has 0 aliphatic heterocycles. The van der Waals surface area contributed by atoms with Gasteiger partial charge in [-0.25, -0.2) is 4.79 Å². The molecule has 13 heavy (non-hydrogen) atoms. The van der Waals surface area contributed by atoms with Gasteiger partial charge in [0.15, 0.2) is 11.5 Å². The molecule has 0 bridgehead atoms. The van der Waals surface area contributed by atoms with Gasteiger partial charge < -0.3 is 20.1 Å². The number of hydrogen-bond acceptors (Lipinski definition) is 5. The van der Waals surface area contributed by atoms with Gasteiger partial charge in [0.1, 0.15) is 0 Å². The van der Waals surface area contributed by atoms with Crippen molar-refractivity contribution in [3.63, 3.8) is 0 Å². The monoisotopic (exact) mass is 186 g/mol. The fourth-order valence-corrected chi connectivity index (χ4v) is 0.818. The molecule has 1 aliphatic carbocycles. The van der Waals surface area contributed by atoms with Crippen LogP contribution >= 0.6 is 0 Å². The van der Waals surface area contributed by atoms with Crippen LogP contribution in [0.5, 0.6) is 0 Å². The Labute approximate surface area is 72.4 Å². The summed E-state index contributed by atoms with van der Waals surface area (Å²) >= 11 is 0. The molecule has 0 amide bonds. The molecule has 0 saturated heterocycles. The fourth-order valence-electron chi connectivity index (χ4n) is 0.818. The van der Waals surface area contributed by atoms with Gasteiger partial charge in [0.05, 0.1) is 0 Å². The molecule has 0 aromatic rings. The molecule has 1 atom stereocenters. The zero-order valence-electron chi connectivity index (χ0n) is 6.30. The van der Waals surface area contributed by atoms with Gasteiger partial charge in [-0.3, -0.25) is 4.79 Å². The predicted octanol–water partition coefficient (Wildman–Crippen LogP) is 0.516. The summed E-state index contributed by atoms with van der Waals surface area (Å²) in [5.74, 6) is -2.11. The van der Waals surface area contributed by atoms with E-state index in [0.717, 1.165) is 12.2 Å². The third kappa shape index (κ3) is 1.78. The van der Waals surface area contributed by atoms with E-state index in [1.807, 2.05) is 0 Å². The van der Waals surface area contributed by atoms with E-state index in [0.29, 0.717) is 0 Å². The van der Waals surface area contributed by atoms with Gasteiger partial charge in [-0.2, -0.15) is 0 Å². The normalized spacial score (nSPS) is 21.8. The summed E-state index contributed by atoms with van der Waals surface area (Å²) < 4.78 is 4.03. The van der Waals surface area contributed by atoms with Crippen LogP contribution in [0.1, 0.15) is 0 Å². The van der Waals surface area contributed by atoms with Crippen LogP contribution < -0.4 is 0 Å². The van der Waals surface area contributed by atoms with E-state index in [2.05, 4.69) is 4.74 Å². The van der Waals surface area contributed by atoms with Gasteiger partial charge in [0, 0.05) is 0 Å². The second kappa shape index (κ2) is 3.18. The maximum atomic E-state index is 10.9. The first-order valence-corrected chi connectivity index (χ1v) is 3.26. The molecule has 1 rings (SSSR count). The molecule has 0 fully saturated rings. The van der Waals surface area contributed by atoms with E-state index in [1.165, 1.54) is 0 Å². The van der Waals surface area contributed by atoms with Crippen molar-refractivity contribution < 1.29 is 29.6 Å². The molecule has 6 heteroatoms. The molecule has 0 aromatic heterocycles. The second-order valence-electron chi connectivity index (χ2n) is 2.27. The number of carbonyl (C=O) groups excluding carboxylic acids is 1. The molecule has 0 radical (unpaired) electrons. The lowest BCUT2D eigenvalue weighted by Gasteiger charge is -2.15. The average Bonchev–Trinajstić information content (AvgIpc) is 2.05. The van der Waals surface area contributed by atoms with Crippen molar-refractivity contribution in [2.75, 3.05) is 0 Å². The second-order valence-corrected chi connectivity index (χ2v) is 2.27. The Kier molecular flexibility index (Phi) is 2.23. The van der Waals surface area contributed by atoms with Crippen LogP contribution in [-0.4, -0.2) is 33.4 Å². The van der Waals surface area contributed by atoms with Crippen molar-refractivity contribution in [2.45, 2.75) is 6.10 Å². The summed E-state index contributed by atoms with van der Waals surface area (Å²) in [5, 5.41) is 26.1. The fraction of sp³-hybridized carbons (Fsp3) is 0.143. The molecule has 3 N–H and O–H groups in total. The molecule has 1 aliphatic rings. The maximum Gasteiger partial charge on any atom is 0.506 e. The SMILES string of the molecule is O=C(O)OC1C(=O)C=CC(O)=C1O. The lowest BCUT2D eigenvalue weighted by Crippen LogP contribution is -2.30. The number of ether oxygens (including phenoxy) is 1. The molecule has 0 aromatic carbocycles. The smallest absolute Gasteiger partial charge is 0.505 e. The number of carbonyl (C=O) groups is 2. The highest BCUT2D eigenvalue weighted by atomic mass is 16.7. The topological polar surface area (TPSA) is 104 Å². The first kappa shape index (κ1) is 9.11. The third-order valence-corrected chi connectivity index (χ3v) is 1.39. The van der Waals surface area contributed by atoms with E-state index in [4.69, 9.17) is 15.3 Å². The first-order valence-electron chi connectivity index (χ1n) is 3.26. The summed E-state index contributed by atoms with van der Waals surface area (Å²) in [4.78, 5) is 21.0. The van der Waals surface area contributed by atoms with E-state index in [1.54, 1.807) is 0 Å². The van der Waals surface area contributed by atoms with Gasteiger partial charge in [0.25, 0.3) is 0 Å². The van der Waals surface area contributed by atoms with E-state index in [9.17, 15) is 9.59 Å². The maximum absolute atomic E-state index is 10.9. The van der Waals surface area contributed by atoms with Gasteiger partial charge in [-0.15, -0.1) is 0 Å². The number of aliphatic hydroxyl groups is 2. The number of carboxylic acid groups (broad SMARTS) is 1. The largest absolute Gasteiger partial charge is 0.506 e. The zero-order chi connectivity index (χ0) is 10.0. The number of ketones is 1. The summed E-state index contributed by atoms with van der Waals surface area (Å²) in [6.45, 7) is 0. The lowest BCUT2D eigenvalue weighted by molar-refractivity contribution is -0.123. The zero-order valence-corrected chi connectivity index (χ0v) is 6.30. The summed E-state index contributed by atoms with van der Waals surface area (Å²) in [6, 6.07) is 0. The van der Waals surface area contributed by atoms with Gasteiger partial charge in [-0.1, -0.05) is 0 Å². The molecule has 6 nitrogen and oxygen atoms in total. The quantitative estimate of drug-likeness (QED) is 0.515. The van der Waals surface area contributed by atoms with Crippen LogP contribution in [-0.2, 0) is 9.53 Å². The highest BCUT2D eigenvalue weighted by Gasteiger charge is 2.30. The standard InChI is InChI=1S/C7H6O6/c8-3-1-2-4(9)6(5(3)10)13-7(11)12/h1-2,6,8,10H,(H,11,12). The highest BCUT2D eigenvalue weighted by Crippen LogP contribution is 2.15. The molecule has 70 valence electrons. The minimum absolute atomic E-state index is 0.578. The summed E-state index contributed by atoms with van der Waals surface area (Å²) in [5.41, 5.74) is 0. The van der Waals surface area contributed by atoms with Gasteiger partial charge in [-0.05, 0) is 12.2 Å². The van der Waals surface area contributed by atoms with E-state index >= 15 is 0 Å². The van der Waals surface area contributed by atoms with Gasteiger partial charge >= 0.3 is 6.16 Å². The predicted molar refractivity (Wildman–Crippen MR) is 39.3 cm³/mol. The van der Waals surface area contributed by atoms with Crippen LogP contribution in [0.15, 0.2) is 23.7 Å². The Morgan fingerprint density at radius 3 is 2.54 bits per heavy atom. The molecule has 1 unspecified atom stereocenters. The summed E-state index contributed by atoms with van der Waals surface area (Å²) in [6.07, 6.45) is -1.47. The number of aliphatic hydroxyl groups excluding tert-OH is 2. The van der Waals surface area contributed by atoms with Crippen LogP contribution in [0.3, 0.4) is 0 Å². The van der Waals surface area contributed by atoms with Gasteiger partial charge in [0.2, 0.25) is 11.9 Å². The van der Waals surface area contributed by atoms with E-state index < -0.39 is 29.6 Å². The Morgan fingerprint density at radius 1 is 1.38 bits per heavy atom. The number of rotatable bonds is 1. The Balaban J connectivity index is 2.89. The highest BCUT2D eigenvalue weighted by molar-refractivity contribution is 5.98.